The van der Waals surface area contributed by atoms with Gasteiger partial charge in [-0.2, -0.15) is 13.2 Å². The minimum atomic E-state index is -4.34. The number of aromatic nitrogens is 1. The number of hydrogen-bond acceptors (Lipinski definition) is 3. The van der Waals surface area contributed by atoms with Crippen LogP contribution in [0.1, 0.15) is 32.3 Å². The van der Waals surface area contributed by atoms with E-state index in [0.717, 1.165) is 31.5 Å². The number of anilines is 2. The van der Waals surface area contributed by atoms with Crippen molar-refractivity contribution < 1.29 is 13.2 Å². The van der Waals surface area contributed by atoms with Crippen molar-refractivity contribution in [3.05, 3.63) is 17.7 Å². The number of nitrogens with one attached hydrogen (secondary N) is 1. The summed E-state index contributed by atoms with van der Waals surface area (Å²) in [6.45, 7) is 5.16. The maximum absolute atomic E-state index is 12.9. The summed E-state index contributed by atoms with van der Waals surface area (Å²) >= 11 is 0. The molecule has 0 aliphatic carbocycles. The van der Waals surface area contributed by atoms with Gasteiger partial charge in [-0.3, -0.25) is 0 Å². The van der Waals surface area contributed by atoms with Crippen LogP contribution in [0.15, 0.2) is 12.1 Å². The maximum atomic E-state index is 12.9. The number of alkyl halides is 3. The van der Waals surface area contributed by atoms with Gasteiger partial charge in [0.15, 0.2) is 0 Å². The highest BCUT2D eigenvalue weighted by Crippen LogP contribution is 2.34. The van der Waals surface area contributed by atoms with Gasteiger partial charge in [0.2, 0.25) is 0 Å². The average molecular weight is 273 g/mol. The van der Waals surface area contributed by atoms with Crippen molar-refractivity contribution in [1.29, 1.82) is 0 Å². The second-order valence-corrected chi connectivity index (χ2v) is 4.81. The van der Waals surface area contributed by atoms with E-state index in [0.29, 0.717) is 12.4 Å². The molecule has 1 saturated heterocycles. The number of nitrogens with zero attached hydrogens (tertiary/aromatic N) is 2. The number of halogens is 3. The highest BCUT2D eigenvalue weighted by atomic mass is 19.4. The zero-order valence-electron chi connectivity index (χ0n) is 11.1. The molecule has 6 heteroatoms. The molecule has 1 aromatic rings. The molecule has 1 fully saturated rings. The Bertz CT molecular complexity index is 445. The van der Waals surface area contributed by atoms with Crippen molar-refractivity contribution in [3.8, 4) is 0 Å². The largest absolute Gasteiger partial charge is 0.416 e. The molecule has 1 aliphatic heterocycles. The summed E-state index contributed by atoms with van der Waals surface area (Å²) in [5.41, 5.74) is -0.646. The molecule has 0 saturated carbocycles. The smallest absolute Gasteiger partial charge is 0.370 e. The summed E-state index contributed by atoms with van der Waals surface area (Å²) in [5.74, 6) is 0.696. The van der Waals surface area contributed by atoms with Crippen LogP contribution in [0.3, 0.4) is 0 Å². The van der Waals surface area contributed by atoms with Crippen molar-refractivity contribution in [2.75, 3.05) is 23.3 Å². The first kappa shape index (κ1) is 14.0. The summed E-state index contributed by atoms with van der Waals surface area (Å²) in [4.78, 5) is 6.22. The highest BCUT2D eigenvalue weighted by Gasteiger charge is 2.33. The van der Waals surface area contributed by atoms with Crippen LogP contribution in [0, 0.1) is 0 Å². The van der Waals surface area contributed by atoms with Gasteiger partial charge in [-0.25, -0.2) is 4.98 Å². The van der Waals surface area contributed by atoms with E-state index in [2.05, 4.69) is 10.3 Å². The van der Waals surface area contributed by atoms with Gasteiger partial charge in [0.25, 0.3) is 0 Å². The van der Waals surface area contributed by atoms with Crippen LogP contribution >= 0.6 is 0 Å². The lowest BCUT2D eigenvalue weighted by molar-refractivity contribution is -0.137. The summed E-state index contributed by atoms with van der Waals surface area (Å²) in [6.07, 6.45) is -2.35. The minimum absolute atomic E-state index is 0.241. The molecule has 0 spiro atoms. The molecule has 0 aromatic carbocycles. The molecule has 19 heavy (non-hydrogen) atoms. The summed E-state index contributed by atoms with van der Waals surface area (Å²) in [5, 5.41) is 2.86. The normalized spacial score (nSPS) is 19.8. The van der Waals surface area contributed by atoms with E-state index in [1.54, 1.807) is 0 Å². The maximum Gasteiger partial charge on any atom is 0.416 e. The van der Waals surface area contributed by atoms with E-state index in [9.17, 15) is 13.2 Å². The van der Waals surface area contributed by atoms with E-state index in [-0.39, 0.29) is 11.9 Å². The third-order valence-corrected chi connectivity index (χ3v) is 3.34. The minimum Gasteiger partial charge on any atom is -0.370 e. The average Bonchev–Trinajstić information content (AvgIpc) is 2.74. The monoisotopic (exact) mass is 273 g/mol. The van der Waals surface area contributed by atoms with Gasteiger partial charge in [0, 0.05) is 19.1 Å². The molecule has 1 unspecified atom stereocenters. The Morgan fingerprint density at radius 2 is 2.16 bits per heavy atom. The summed E-state index contributed by atoms with van der Waals surface area (Å²) in [6, 6.07) is 2.45. The van der Waals surface area contributed by atoms with E-state index in [4.69, 9.17) is 0 Å². The molecular formula is C13H18F3N3. The van der Waals surface area contributed by atoms with Gasteiger partial charge >= 0.3 is 6.18 Å². The molecule has 106 valence electrons. The SMILES string of the molecule is CCNc1cc(C(F)(F)F)cc(N2CCCC2C)n1. The fourth-order valence-corrected chi connectivity index (χ4v) is 2.37. The molecule has 1 aromatic heterocycles. The molecule has 3 nitrogen and oxygen atoms in total. The van der Waals surface area contributed by atoms with Crippen LogP contribution in [-0.2, 0) is 6.18 Å². The first-order valence-corrected chi connectivity index (χ1v) is 6.51. The first-order chi connectivity index (χ1) is 8.91. The van der Waals surface area contributed by atoms with Crippen molar-refractivity contribution >= 4 is 11.6 Å². The Balaban J connectivity index is 2.39. The van der Waals surface area contributed by atoms with Crippen LogP contribution in [0.25, 0.3) is 0 Å². The van der Waals surface area contributed by atoms with Gasteiger partial charge in [-0.05, 0) is 38.8 Å². The zero-order chi connectivity index (χ0) is 14.0. The first-order valence-electron chi connectivity index (χ1n) is 6.51. The fourth-order valence-electron chi connectivity index (χ4n) is 2.37. The highest BCUT2D eigenvalue weighted by molar-refractivity contribution is 5.52. The lowest BCUT2D eigenvalue weighted by Gasteiger charge is -2.24. The molecule has 0 bridgehead atoms. The Morgan fingerprint density at radius 1 is 1.42 bits per heavy atom. The lowest BCUT2D eigenvalue weighted by Crippen LogP contribution is -2.28. The molecule has 1 aliphatic rings. The standard InChI is InChI=1S/C13H18F3N3/c1-3-17-11-7-10(13(14,15)16)8-12(18-11)19-6-4-5-9(19)2/h7-9H,3-6H2,1-2H3,(H,17,18). The molecule has 1 N–H and O–H groups in total. The van der Waals surface area contributed by atoms with Crippen LogP contribution in [0.5, 0.6) is 0 Å². The van der Waals surface area contributed by atoms with Crippen molar-refractivity contribution in [2.24, 2.45) is 0 Å². The van der Waals surface area contributed by atoms with Gasteiger partial charge < -0.3 is 10.2 Å². The molecular weight excluding hydrogens is 255 g/mol. The van der Waals surface area contributed by atoms with Crippen LogP contribution < -0.4 is 10.2 Å². The number of rotatable bonds is 3. The molecule has 1 atom stereocenters. The second-order valence-electron chi connectivity index (χ2n) is 4.81. The van der Waals surface area contributed by atoms with Crippen molar-refractivity contribution in [3.63, 3.8) is 0 Å². The second kappa shape index (κ2) is 5.27. The van der Waals surface area contributed by atoms with Gasteiger partial charge in [0.1, 0.15) is 11.6 Å². The lowest BCUT2D eigenvalue weighted by atomic mass is 10.2. The number of pyridine rings is 1. The Labute approximate surface area is 110 Å². The third-order valence-electron chi connectivity index (χ3n) is 3.34. The zero-order valence-corrected chi connectivity index (χ0v) is 11.1. The number of hydrogen-bond donors (Lipinski definition) is 1. The van der Waals surface area contributed by atoms with Crippen LogP contribution in [0.2, 0.25) is 0 Å². The Morgan fingerprint density at radius 3 is 2.68 bits per heavy atom. The van der Waals surface area contributed by atoms with Gasteiger partial charge in [-0.15, -0.1) is 0 Å². The third kappa shape index (κ3) is 3.11. The van der Waals surface area contributed by atoms with E-state index >= 15 is 0 Å². The van der Waals surface area contributed by atoms with Crippen LogP contribution in [-0.4, -0.2) is 24.1 Å². The molecule has 0 radical (unpaired) electrons. The summed E-state index contributed by atoms with van der Waals surface area (Å²) < 4.78 is 38.7. The Kier molecular flexibility index (Phi) is 3.87. The van der Waals surface area contributed by atoms with Crippen molar-refractivity contribution in [1.82, 2.24) is 4.98 Å². The predicted octanol–water partition coefficient (Wildman–Crippen LogP) is 3.52. The van der Waals surface area contributed by atoms with Crippen LogP contribution in [0.4, 0.5) is 24.8 Å². The predicted molar refractivity (Wildman–Crippen MR) is 69.4 cm³/mol. The van der Waals surface area contributed by atoms with E-state index in [1.807, 2.05) is 18.7 Å². The van der Waals surface area contributed by atoms with Gasteiger partial charge in [-0.1, -0.05) is 0 Å². The summed E-state index contributed by atoms with van der Waals surface area (Å²) in [7, 11) is 0. The Hall–Kier alpha value is -1.46. The van der Waals surface area contributed by atoms with Gasteiger partial charge in [0.05, 0.1) is 5.56 Å². The quantitative estimate of drug-likeness (QED) is 0.913. The van der Waals surface area contributed by atoms with E-state index < -0.39 is 11.7 Å². The molecule has 2 heterocycles. The van der Waals surface area contributed by atoms with Crippen molar-refractivity contribution in [2.45, 2.75) is 38.9 Å². The topological polar surface area (TPSA) is 28.2 Å². The van der Waals surface area contributed by atoms with E-state index in [1.165, 1.54) is 0 Å². The fraction of sp³-hybridized carbons (Fsp3) is 0.615. The molecule has 2 rings (SSSR count). The molecule has 0 amide bonds.